The van der Waals surface area contributed by atoms with Gasteiger partial charge >= 0.3 is 0 Å². The SMILES string of the molecule is Cc1cccc(NC(=O)c2cccc(Oc3nc(N4CC(C)OC(C)C4)nc4c3ncn4C)c2)c1. The van der Waals surface area contributed by atoms with Gasteiger partial charge in [-0.05, 0) is 56.7 Å². The van der Waals surface area contributed by atoms with E-state index in [1.165, 1.54) is 0 Å². The second-order valence-electron chi connectivity index (χ2n) is 8.97. The Morgan fingerprint density at radius 2 is 1.86 bits per heavy atom. The van der Waals surface area contributed by atoms with Gasteiger partial charge in [-0.25, -0.2) is 4.98 Å². The highest BCUT2D eigenvalue weighted by atomic mass is 16.5. The number of carbonyl (C=O) groups is 1. The molecule has 0 spiro atoms. The molecule has 180 valence electrons. The Bertz CT molecular complexity index is 1370. The molecule has 9 heteroatoms. The van der Waals surface area contributed by atoms with Crippen LogP contribution in [0.4, 0.5) is 11.6 Å². The second-order valence-corrected chi connectivity index (χ2v) is 8.97. The zero-order valence-corrected chi connectivity index (χ0v) is 20.2. The minimum Gasteiger partial charge on any atom is -0.437 e. The number of amides is 1. The standard InChI is InChI=1S/C26H28N6O3/c1-16-7-5-9-20(11-16)28-24(33)19-8-6-10-21(12-19)35-25-22-23(31(4)15-27-22)29-26(30-25)32-13-17(2)34-18(3)14-32/h5-12,15,17-18H,13-14H2,1-4H3,(H,28,33). The van der Waals surface area contributed by atoms with E-state index < -0.39 is 0 Å². The Morgan fingerprint density at radius 1 is 1.09 bits per heavy atom. The van der Waals surface area contributed by atoms with Crippen LogP contribution in [0.3, 0.4) is 0 Å². The van der Waals surface area contributed by atoms with Crippen molar-refractivity contribution in [1.82, 2.24) is 19.5 Å². The van der Waals surface area contributed by atoms with Crippen molar-refractivity contribution in [2.45, 2.75) is 33.0 Å². The molecule has 0 aliphatic carbocycles. The van der Waals surface area contributed by atoms with Gasteiger partial charge in [0, 0.05) is 31.4 Å². The summed E-state index contributed by atoms with van der Waals surface area (Å²) < 4.78 is 13.9. The molecule has 1 fully saturated rings. The molecule has 0 radical (unpaired) electrons. The number of imidazole rings is 1. The van der Waals surface area contributed by atoms with Gasteiger partial charge in [-0.1, -0.05) is 18.2 Å². The predicted molar refractivity (Wildman–Crippen MR) is 134 cm³/mol. The number of anilines is 2. The number of carbonyl (C=O) groups excluding carboxylic acids is 1. The largest absolute Gasteiger partial charge is 0.437 e. The summed E-state index contributed by atoms with van der Waals surface area (Å²) >= 11 is 0. The third kappa shape index (κ3) is 4.95. The van der Waals surface area contributed by atoms with Gasteiger partial charge in [-0.2, -0.15) is 9.97 Å². The molecule has 2 aromatic heterocycles. The topological polar surface area (TPSA) is 94.4 Å². The molecule has 2 aromatic carbocycles. The highest BCUT2D eigenvalue weighted by Gasteiger charge is 2.26. The molecule has 3 heterocycles. The van der Waals surface area contributed by atoms with E-state index in [4.69, 9.17) is 19.4 Å². The number of rotatable bonds is 5. The number of aryl methyl sites for hydroxylation is 2. The third-order valence-electron chi connectivity index (χ3n) is 5.81. The first-order valence-corrected chi connectivity index (χ1v) is 11.6. The number of nitrogens with zero attached hydrogens (tertiary/aromatic N) is 5. The molecule has 1 amide bonds. The smallest absolute Gasteiger partial charge is 0.255 e. The van der Waals surface area contributed by atoms with E-state index >= 15 is 0 Å². The normalized spacial score (nSPS) is 18.0. The Kier molecular flexibility index (Phi) is 6.08. The average Bonchev–Trinajstić information content (AvgIpc) is 3.19. The summed E-state index contributed by atoms with van der Waals surface area (Å²) in [6, 6.07) is 14.7. The number of ether oxygens (including phenoxy) is 2. The molecule has 35 heavy (non-hydrogen) atoms. The van der Waals surface area contributed by atoms with E-state index in [0.717, 1.165) is 11.3 Å². The summed E-state index contributed by atoms with van der Waals surface area (Å²) in [6.07, 6.45) is 1.82. The number of morpholine rings is 1. The molecule has 1 N–H and O–H groups in total. The number of nitrogens with one attached hydrogen (secondary N) is 1. The number of hydrogen-bond donors (Lipinski definition) is 1. The third-order valence-corrected chi connectivity index (χ3v) is 5.81. The van der Waals surface area contributed by atoms with E-state index in [-0.39, 0.29) is 18.1 Å². The fraction of sp³-hybridized carbons (Fsp3) is 0.308. The molecule has 1 saturated heterocycles. The van der Waals surface area contributed by atoms with Crippen LogP contribution in [-0.4, -0.2) is 50.7 Å². The Morgan fingerprint density at radius 3 is 2.63 bits per heavy atom. The molecule has 4 aromatic rings. The fourth-order valence-electron chi connectivity index (χ4n) is 4.26. The molecule has 5 rings (SSSR count). The van der Waals surface area contributed by atoms with Gasteiger partial charge in [0.05, 0.1) is 18.5 Å². The molecule has 1 aliphatic rings. The van der Waals surface area contributed by atoms with E-state index in [1.807, 2.05) is 56.7 Å². The van der Waals surface area contributed by atoms with Gasteiger partial charge in [0.15, 0.2) is 11.2 Å². The Hall–Kier alpha value is -3.98. The first-order chi connectivity index (χ1) is 16.9. The molecule has 2 atom stereocenters. The number of fused-ring (bicyclic) bond motifs is 1. The van der Waals surface area contributed by atoms with E-state index in [9.17, 15) is 4.79 Å². The van der Waals surface area contributed by atoms with Crippen molar-refractivity contribution in [2.24, 2.45) is 7.05 Å². The van der Waals surface area contributed by atoms with Crippen molar-refractivity contribution >= 4 is 28.7 Å². The quantitative estimate of drug-likeness (QED) is 0.462. The lowest BCUT2D eigenvalue weighted by atomic mass is 10.2. The maximum absolute atomic E-state index is 12.8. The van der Waals surface area contributed by atoms with Crippen molar-refractivity contribution < 1.29 is 14.3 Å². The van der Waals surface area contributed by atoms with Crippen LogP contribution < -0.4 is 15.0 Å². The zero-order valence-electron chi connectivity index (χ0n) is 20.2. The van der Waals surface area contributed by atoms with Crippen molar-refractivity contribution in [2.75, 3.05) is 23.3 Å². The zero-order chi connectivity index (χ0) is 24.5. The predicted octanol–water partition coefficient (Wildman–Crippen LogP) is 4.33. The van der Waals surface area contributed by atoms with Crippen LogP contribution in [0.5, 0.6) is 11.6 Å². The molecular weight excluding hydrogens is 444 g/mol. The van der Waals surface area contributed by atoms with Crippen molar-refractivity contribution in [3.8, 4) is 11.6 Å². The average molecular weight is 473 g/mol. The van der Waals surface area contributed by atoms with E-state index in [0.29, 0.717) is 47.4 Å². The summed E-state index contributed by atoms with van der Waals surface area (Å²) in [7, 11) is 1.89. The van der Waals surface area contributed by atoms with Crippen molar-refractivity contribution in [3.05, 3.63) is 66.0 Å². The van der Waals surface area contributed by atoms with Crippen LogP contribution in [0.15, 0.2) is 54.9 Å². The van der Waals surface area contributed by atoms with Gasteiger partial charge in [-0.15, -0.1) is 0 Å². The Labute approximate surface area is 203 Å². The van der Waals surface area contributed by atoms with Gasteiger partial charge < -0.3 is 24.3 Å². The summed E-state index contributed by atoms with van der Waals surface area (Å²) in [5.41, 5.74) is 3.52. The van der Waals surface area contributed by atoms with Crippen LogP contribution >= 0.6 is 0 Å². The van der Waals surface area contributed by atoms with E-state index in [1.54, 1.807) is 30.6 Å². The van der Waals surface area contributed by atoms with E-state index in [2.05, 4.69) is 15.2 Å². The molecule has 0 saturated carbocycles. The maximum Gasteiger partial charge on any atom is 0.255 e. The highest BCUT2D eigenvalue weighted by Crippen LogP contribution is 2.30. The number of aromatic nitrogens is 4. The fourth-order valence-corrected chi connectivity index (χ4v) is 4.26. The van der Waals surface area contributed by atoms with Crippen molar-refractivity contribution in [1.29, 1.82) is 0 Å². The summed E-state index contributed by atoms with van der Waals surface area (Å²) in [5.74, 6) is 1.17. The van der Waals surface area contributed by atoms with Crippen LogP contribution in [-0.2, 0) is 11.8 Å². The molecule has 2 unspecified atom stereocenters. The first-order valence-electron chi connectivity index (χ1n) is 11.6. The highest BCUT2D eigenvalue weighted by molar-refractivity contribution is 6.04. The summed E-state index contributed by atoms with van der Waals surface area (Å²) in [6.45, 7) is 7.42. The lowest BCUT2D eigenvalue weighted by molar-refractivity contribution is -0.00573. The van der Waals surface area contributed by atoms with Crippen LogP contribution in [0.1, 0.15) is 29.8 Å². The number of hydrogen-bond acceptors (Lipinski definition) is 7. The lowest BCUT2D eigenvalue weighted by Crippen LogP contribution is -2.46. The molecular formula is C26H28N6O3. The number of benzene rings is 2. The summed E-state index contributed by atoms with van der Waals surface area (Å²) in [5, 5.41) is 2.93. The second kappa shape index (κ2) is 9.34. The van der Waals surface area contributed by atoms with Crippen LogP contribution in [0.25, 0.3) is 11.2 Å². The lowest BCUT2D eigenvalue weighted by Gasteiger charge is -2.35. The molecule has 9 nitrogen and oxygen atoms in total. The minimum atomic E-state index is -0.219. The minimum absolute atomic E-state index is 0.0672. The van der Waals surface area contributed by atoms with Gasteiger partial charge in [0.2, 0.25) is 5.95 Å². The van der Waals surface area contributed by atoms with Gasteiger partial charge in [-0.3, -0.25) is 4.79 Å². The van der Waals surface area contributed by atoms with Crippen molar-refractivity contribution in [3.63, 3.8) is 0 Å². The monoisotopic (exact) mass is 472 g/mol. The van der Waals surface area contributed by atoms with Crippen LogP contribution in [0, 0.1) is 6.92 Å². The van der Waals surface area contributed by atoms with Crippen LogP contribution in [0.2, 0.25) is 0 Å². The maximum atomic E-state index is 12.8. The Balaban J connectivity index is 1.44. The summed E-state index contributed by atoms with van der Waals surface area (Å²) in [4.78, 5) is 28.8. The van der Waals surface area contributed by atoms with Gasteiger partial charge in [0.25, 0.3) is 11.8 Å². The first kappa shape index (κ1) is 22.8. The molecule has 0 bridgehead atoms. The molecule has 1 aliphatic heterocycles. The van der Waals surface area contributed by atoms with Gasteiger partial charge in [0.1, 0.15) is 5.75 Å².